The molecule has 3 heterocycles. The normalized spacial score (nSPS) is 17.1. The minimum absolute atomic E-state index is 0.249. The molecule has 0 aliphatic carbocycles. The molecule has 4 rings (SSSR count). The molecule has 1 aliphatic heterocycles. The number of hydrogen-bond acceptors (Lipinski definition) is 5. The van der Waals surface area contributed by atoms with Gasteiger partial charge in [-0.25, -0.2) is 0 Å². The Morgan fingerprint density at radius 2 is 2.15 bits per heavy atom. The first-order chi connectivity index (χ1) is 12.7. The fraction of sp³-hybridized carbons (Fsp3) is 0.368. The zero-order valence-corrected chi connectivity index (χ0v) is 16.9. The second-order valence-electron chi connectivity index (χ2n) is 6.41. The topological polar surface area (TPSA) is 39.9 Å². The highest BCUT2D eigenvalue weighted by atomic mass is 35.5. The highest BCUT2D eigenvalue weighted by Gasteiger charge is 2.22. The van der Waals surface area contributed by atoms with E-state index in [2.05, 4.69) is 45.3 Å². The molecule has 1 atom stereocenters. The molecule has 26 heavy (non-hydrogen) atoms. The van der Waals surface area contributed by atoms with Gasteiger partial charge in [0.25, 0.3) is 0 Å². The molecule has 0 N–H and O–H groups in total. The summed E-state index contributed by atoms with van der Waals surface area (Å²) in [7, 11) is 0. The maximum Gasteiger partial charge on any atom is 0.191 e. The number of ether oxygens (including phenoxy) is 1. The number of benzene rings is 1. The Bertz CT molecular complexity index is 869. The fourth-order valence-electron chi connectivity index (χ4n) is 3.05. The Labute approximate surface area is 166 Å². The van der Waals surface area contributed by atoms with E-state index >= 15 is 0 Å². The van der Waals surface area contributed by atoms with E-state index in [1.54, 1.807) is 23.1 Å². The zero-order chi connectivity index (χ0) is 17.9. The molecule has 3 aromatic rings. The standard InChI is InChI=1S/C19H20ClN3OS2/c1-13-9-15(12-25-13)18-21-22-19(23(18)10-17-3-2-8-24-17)26-11-14-4-6-16(20)7-5-14/h4-7,9,12,17H,2-3,8,10-11H2,1H3. The minimum Gasteiger partial charge on any atom is -0.376 e. The van der Waals surface area contributed by atoms with Crippen molar-refractivity contribution in [2.24, 2.45) is 0 Å². The van der Waals surface area contributed by atoms with Gasteiger partial charge in [-0.05, 0) is 43.5 Å². The van der Waals surface area contributed by atoms with Crippen LogP contribution in [0.1, 0.15) is 23.3 Å². The van der Waals surface area contributed by atoms with Gasteiger partial charge < -0.3 is 4.74 Å². The molecule has 1 saturated heterocycles. The van der Waals surface area contributed by atoms with Crippen LogP contribution in [0, 0.1) is 6.92 Å². The summed E-state index contributed by atoms with van der Waals surface area (Å²) < 4.78 is 8.08. The fourth-order valence-corrected chi connectivity index (χ4v) is 4.77. The zero-order valence-electron chi connectivity index (χ0n) is 14.5. The van der Waals surface area contributed by atoms with Gasteiger partial charge in [-0.1, -0.05) is 35.5 Å². The number of rotatable bonds is 6. The van der Waals surface area contributed by atoms with E-state index < -0.39 is 0 Å². The number of hydrogen-bond donors (Lipinski definition) is 0. The number of halogens is 1. The first kappa shape index (κ1) is 18.0. The van der Waals surface area contributed by atoms with Crippen molar-refractivity contribution in [3.8, 4) is 11.4 Å². The smallest absolute Gasteiger partial charge is 0.191 e. The molecular formula is C19H20ClN3OS2. The van der Waals surface area contributed by atoms with Crippen LogP contribution in [0.4, 0.5) is 0 Å². The summed E-state index contributed by atoms with van der Waals surface area (Å²) >= 11 is 9.42. The van der Waals surface area contributed by atoms with E-state index in [0.29, 0.717) is 0 Å². The van der Waals surface area contributed by atoms with Crippen LogP contribution in [0.15, 0.2) is 40.9 Å². The molecule has 136 valence electrons. The van der Waals surface area contributed by atoms with Gasteiger partial charge in [0.15, 0.2) is 11.0 Å². The third-order valence-corrected chi connectivity index (χ3v) is 6.55. The quantitative estimate of drug-likeness (QED) is 0.512. The highest BCUT2D eigenvalue weighted by molar-refractivity contribution is 7.98. The van der Waals surface area contributed by atoms with Gasteiger partial charge in [0, 0.05) is 33.2 Å². The van der Waals surface area contributed by atoms with E-state index in [-0.39, 0.29) is 6.10 Å². The lowest BCUT2D eigenvalue weighted by molar-refractivity contribution is 0.0953. The SMILES string of the molecule is Cc1cc(-c2nnc(SCc3ccc(Cl)cc3)n2CC2CCCO2)cs1. The predicted octanol–water partition coefficient (Wildman–Crippen LogP) is 5.44. The van der Waals surface area contributed by atoms with Gasteiger partial charge in [0.05, 0.1) is 12.6 Å². The second-order valence-corrected chi connectivity index (χ2v) is 8.91. The van der Waals surface area contributed by atoms with Crippen LogP contribution in [-0.4, -0.2) is 27.5 Å². The van der Waals surface area contributed by atoms with Crippen molar-refractivity contribution in [1.29, 1.82) is 0 Å². The molecule has 1 unspecified atom stereocenters. The summed E-state index contributed by atoms with van der Waals surface area (Å²) in [5.74, 6) is 1.77. The molecule has 0 saturated carbocycles. The van der Waals surface area contributed by atoms with E-state index in [1.807, 2.05) is 12.1 Å². The molecule has 0 bridgehead atoms. The number of thioether (sulfide) groups is 1. The first-order valence-corrected chi connectivity index (χ1v) is 10.9. The Kier molecular flexibility index (Phi) is 5.64. The average molecular weight is 406 g/mol. The summed E-state index contributed by atoms with van der Waals surface area (Å²) in [6.45, 7) is 3.78. The van der Waals surface area contributed by atoms with E-state index in [9.17, 15) is 0 Å². The van der Waals surface area contributed by atoms with Crippen molar-refractivity contribution in [1.82, 2.24) is 14.8 Å². The molecule has 0 spiro atoms. The molecule has 1 aliphatic rings. The van der Waals surface area contributed by atoms with Gasteiger partial charge >= 0.3 is 0 Å². The Morgan fingerprint density at radius 3 is 2.85 bits per heavy atom. The lowest BCUT2D eigenvalue weighted by Crippen LogP contribution is -2.16. The average Bonchev–Trinajstić information content (AvgIpc) is 3.37. The van der Waals surface area contributed by atoms with Crippen LogP contribution in [0.3, 0.4) is 0 Å². The van der Waals surface area contributed by atoms with Crippen LogP contribution in [0.2, 0.25) is 5.02 Å². The Hall–Kier alpha value is -1.34. The summed E-state index contributed by atoms with van der Waals surface area (Å²) in [5.41, 5.74) is 2.36. The molecule has 0 amide bonds. The third-order valence-electron chi connectivity index (χ3n) is 4.40. The van der Waals surface area contributed by atoms with Gasteiger partial charge in [-0.3, -0.25) is 4.57 Å². The van der Waals surface area contributed by atoms with Crippen LogP contribution in [0.5, 0.6) is 0 Å². The van der Waals surface area contributed by atoms with Crippen molar-refractivity contribution >= 4 is 34.7 Å². The second kappa shape index (κ2) is 8.13. The molecule has 1 aromatic carbocycles. The van der Waals surface area contributed by atoms with Crippen LogP contribution >= 0.6 is 34.7 Å². The monoisotopic (exact) mass is 405 g/mol. The number of thiophene rings is 1. The molecule has 7 heteroatoms. The highest BCUT2D eigenvalue weighted by Crippen LogP contribution is 2.30. The summed E-state index contributed by atoms with van der Waals surface area (Å²) in [5, 5.41) is 12.8. The Balaban J connectivity index is 1.58. The summed E-state index contributed by atoms with van der Waals surface area (Å²) in [4.78, 5) is 1.28. The number of aryl methyl sites for hydroxylation is 1. The van der Waals surface area contributed by atoms with Crippen molar-refractivity contribution in [2.75, 3.05) is 6.61 Å². The molecule has 1 fully saturated rings. The van der Waals surface area contributed by atoms with E-state index in [1.165, 1.54) is 10.4 Å². The van der Waals surface area contributed by atoms with E-state index in [4.69, 9.17) is 16.3 Å². The maximum atomic E-state index is 5.98. The van der Waals surface area contributed by atoms with Crippen LogP contribution in [-0.2, 0) is 17.0 Å². The minimum atomic E-state index is 0.249. The van der Waals surface area contributed by atoms with Crippen LogP contribution < -0.4 is 0 Å². The van der Waals surface area contributed by atoms with Crippen molar-refractivity contribution < 1.29 is 4.74 Å². The maximum absolute atomic E-state index is 5.98. The molecule has 4 nitrogen and oxygen atoms in total. The summed E-state index contributed by atoms with van der Waals surface area (Å²) in [6.07, 6.45) is 2.48. The predicted molar refractivity (Wildman–Crippen MR) is 108 cm³/mol. The van der Waals surface area contributed by atoms with Gasteiger partial charge in [-0.15, -0.1) is 21.5 Å². The largest absolute Gasteiger partial charge is 0.376 e. The lowest BCUT2D eigenvalue weighted by atomic mass is 10.2. The van der Waals surface area contributed by atoms with Crippen molar-refractivity contribution in [3.05, 3.63) is 51.2 Å². The molecule has 0 radical (unpaired) electrons. The Morgan fingerprint density at radius 1 is 1.31 bits per heavy atom. The van der Waals surface area contributed by atoms with Crippen LogP contribution in [0.25, 0.3) is 11.4 Å². The third kappa shape index (κ3) is 4.14. The summed E-state index contributed by atoms with van der Waals surface area (Å²) in [6, 6.07) is 10.1. The molecular weight excluding hydrogens is 386 g/mol. The number of nitrogens with zero attached hydrogens (tertiary/aromatic N) is 3. The van der Waals surface area contributed by atoms with Gasteiger partial charge in [-0.2, -0.15) is 0 Å². The van der Waals surface area contributed by atoms with E-state index in [0.717, 1.165) is 53.3 Å². The molecule has 2 aromatic heterocycles. The van der Waals surface area contributed by atoms with Crippen molar-refractivity contribution in [2.45, 2.75) is 43.3 Å². The number of aromatic nitrogens is 3. The van der Waals surface area contributed by atoms with Gasteiger partial charge in [0.1, 0.15) is 0 Å². The lowest BCUT2D eigenvalue weighted by Gasteiger charge is -2.14. The van der Waals surface area contributed by atoms with Gasteiger partial charge in [0.2, 0.25) is 0 Å². The van der Waals surface area contributed by atoms with Crippen molar-refractivity contribution in [3.63, 3.8) is 0 Å². The first-order valence-electron chi connectivity index (χ1n) is 8.66.